The number of hydrogen-bond acceptors (Lipinski definition) is 2. The molecule has 1 aromatic carbocycles. The number of aliphatic carboxylic acids is 1. The number of benzene rings is 1. The van der Waals surface area contributed by atoms with Crippen LogP contribution in [-0.4, -0.2) is 17.7 Å². The fraction of sp³-hybridized carbons (Fsp3) is 0.308. The summed E-state index contributed by atoms with van der Waals surface area (Å²) < 4.78 is 6.37. The summed E-state index contributed by atoms with van der Waals surface area (Å²) >= 11 is 3.43. The molecule has 1 rings (SSSR count). The Morgan fingerprint density at radius 2 is 2.24 bits per heavy atom. The zero-order chi connectivity index (χ0) is 12.8. The number of aryl methyl sites for hydroxylation is 1. The summed E-state index contributed by atoms with van der Waals surface area (Å²) in [7, 11) is 0. The number of halogens is 1. The zero-order valence-corrected chi connectivity index (χ0v) is 11.3. The van der Waals surface area contributed by atoms with Crippen LogP contribution in [0.15, 0.2) is 34.8 Å². The van der Waals surface area contributed by atoms with E-state index in [0.29, 0.717) is 13.0 Å². The van der Waals surface area contributed by atoms with E-state index in [1.165, 1.54) is 0 Å². The quantitative estimate of drug-likeness (QED) is 0.819. The monoisotopic (exact) mass is 298 g/mol. The van der Waals surface area contributed by atoms with Crippen LogP contribution in [0.25, 0.3) is 0 Å². The Morgan fingerprint density at radius 3 is 2.82 bits per heavy atom. The molecule has 0 aliphatic carbocycles. The summed E-state index contributed by atoms with van der Waals surface area (Å²) in [5.41, 5.74) is 1.87. The summed E-state index contributed by atoms with van der Waals surface area (Å²) in [5.74, 6) is -0.0824. The van der Waals surface area contributed by atoms with Gasteiger partial charge >= 0.3 is 5.97 Å². The van der Waals surface area contributed by atoms with Gasteiger partial charge in [-0.3, -0.25) is 4.79 Å². The molecule has 0 saturated heterocycles. The van der Waals surface area contributed by atoms with Crippen LogP contribution >= 0.6 is 15.9 Å². The van der Waals surface area contributed by atoms with Gasteiger partial charge in [-0.1, -0.05) is 18.7 Å². The van der Waals surface area contributed by atoms with Crippen molar-refractivity contribution >= 4 is 21.9 Å². The van der Waals surface area contributed by atoms with Gasteiger partial charge in [0.05, 0.1) is 4.47 Å². The molecule has 1 N–H and O–H groups in total. The number of carboxylic acid groups (broad SMARTS) is 1. The van der Waals surface area contributed by atoms with Gasteiger partial charge in [0.2, 0.25) is 0 Å². The van der Waals surface area contributed by atoms with Crippen molar-refractivity contribution in [1.82, 2.24) is 0 Å². The Hall–Kier alpha value is -1.29. The van der Waals surface area contributed by atoms with Crippen molar-refractivity contribution in [2.45, 2.75) is 19.8 Å². The van der Waals surface area contributed by atoms with Gasteiger partial charge in [0.15, 0.2) is 0 Å². The van der Waals surface area contributed by atoms with Gasteiger partial charge in [0.25, 0.3) is 0 Å². The largest absolute Gasteiger partial charge is 0.488 e. The third-order valence-electron chi connectivity index (χ3n) is 2.13. The molecule has 17 heavy (non-hydrogen) atoms. The molecule has 4 heteroatoms. The highest BCUT2D eigenvalue weighted by Crippen LogP contribution is 2.29. The second-order valence-electron chi connectivity index (χ2n) is 3.87. The van der Waals surface area contributed by atoms with Crippen LogP contribution in [-0.2, 0) is 11.2 Å². The Bertz CT molecular complexity index is 390. The van der Waals surface area contributed by atoms with Crippen molar-refractivity contribution in [3.8, 4) is 5.75 Å². The summed E-state index contributed by atoms with van der Waals surface area (Å²) in [6, 6.07) is 5.59. The average Bonchev–Trinajstić information content (AvgIpc) is 2.25. The lowest BCUT2D eigenvalue weighted by Crippen LogP contribution is -2.01. The van der Waals surface area contributed by atoms with Crippen LogP contribution in [0, 0.1) is 0 Å². The van der Waals surface area contributed by atoms with E-state index >= 15 is 0 Å². The summed E-state index contributed by atoms with van der Waals surface area (Å²) in [6.07, 6.45) is 0.600. The molecule has 0 aliphatic rings. The molecular formula is C13H15BrO3. The first-order chi connectivity index (χ1) is 8.00. The van der Waals surface area contributed by atoms with Crippen molar-refractivity contribution in [1.29, 1.82) is 0 Å². The third-order valence-corrected chi connectivity index (χ3v) is 3.03. The fourth-order valence-corrected chi connectivity index (χ4v) is 1.88. The first-order valence-electron chi connectivity index (χ1n) is 5.27. The highest BCUT2D eigenvalue weighted by molar-refractivity contribution is 9.10. The molecule has 0 aromatic heterocycles. The maximum Gasteiger partial charge on any atom is 0.303 e. The topological polar surface area (TPSA) is 46.5 Å². The lowest BCUT2D eigenvalue weighted by Gasteiger charge is -2.11. The molecule has 0 fully saturated rings. The normalized spacial score (nSPS) is 10.0. The van der Waals surface area contributed by atoms with Crippen LogP contribution in [0.2, 0.25) is 0 Å². The second kappa shape index (κ2) is 6.45. The first kappa shape index (κ1) is 13.8. The smallest absolute Gasteiger partial charge is 0.303 e. The number of rotatable bonds is 6. The molecule has 0 unspecified atom stereocenters. The predicted octanol–water partition coefficient (Wildman–Crippen LogP) is 3.42. The van der Waals surface area contributed by atoms with Crippen LogP contribution < -0.4 is 4.74 Å². The van der Waals surface area contributed by atoms with Crippen LogP contribution in [0.1, 0.15) is 18.9 Å². The number of carbonyl (C=O) groups is 1. The van der Waals surface area contributed by atoms with Gasteiger partial charge in [0.1, 0.15) is 12.4 Å². The molecule has 0 atom stereocenters. The molecule has 3 nitrogen and oxygen atoms in total. The second-order valence-corrected chi connectivity index (χ2v) is 4.66. The van der Waals surface area contributed by atoms with E-state index in [9.17, 15) is 4.79 Å². The van der Waals surface area contributed by atoms with Crippen LogP contribution in [0.5, 0.6) is 5.75 Å². The van der Waals surface area contributed by atoms with E-state index in [4.69, 9.17) is 9.84 Å². The molecule has 0 aliphatic heterocycles. The lowest BCUT2D eigenvalue weighted by molar-refractivity contribution is -0.136. The Kier molecular flexibility index (Phi) is 5.22. The molecular weight excluding hydrogens is 284 g/mol. The fourth-order valence-electron chi connectivity index (χ4n) is 1.30. The van der Waals surface area contributed by atoms with Gasteiger partial charge in [-0.2, -0.15) is 0 Å². The van der Waals surface area contributed by atoms with E-state index in [1.807, 2.05) is 25.1 Å². The molecule has 0 heterocycles. The predicted molar refractivity (Wildman–Crippen MR) is 70.4 cm³/mol. The van der Waals surface area contributed by atoms with Crippen LogP contribution in [0.3, 0.4) is 0 Å². The minimum absolute atomic E-state index is 0.114. The molecule has 0 saturated carbocycles. The standard InChI is InChI=1S/C13H15BrO3/c1-9(2)8-17-11-5-3-4-10(13(11)14)6-7-12(15)16/h3-5H,1,6-8H2,2H3,(H,15,16). The molecule has 0 amide bonds. The molecule has 0 radical (unpaired) electrons. The number of hydrogen-bond donors (Lipinski definition) is 1. The van der Waals surface area contributed by atoms with Crippen molar-refractivity contribution in [2.75, 3.05) is 6.61 Å². The van der Waals surface area contributed by atoms with Crippen molar-refractivity contribution in [2.24, 2.45) is 0 Å². The van der Waals surface area contributed by atoms with Crippen molar-refractivity contribution < 1.29 is 14.6 Å². The molecule has 1 aromatic rings. The van der Waals surface area contributed by atoms with E-state index in [2.05, 4.69) is 22.5 Å². The minimum Gasteiger partial charge on any atom is -0.488 e. The Labute approximate surface area is 109 Å². The first-order valence-corrected chi connectivity index (χ1v) is 6.06. The van der Waals surface area contributed by atoms with E-state index in [0.717, 1.165) is 21.4 Å². The van der Waals surface area contributed by atoms with Gasteiger partial charge in [-0.25, -0.2) is 0 Å². The van der Waals surface area contributed by atoms with E-state index in [1.54, 1.807) is 0 Å². The summed E-state index contributed by atoms with van der Waals surface area (Å²) in [5, 5.41) is 8.65. The van der Waals surface area contributed by atoms with Crippen molar-refractivity contribution in [3.05, 3.63) is 40.4 Å². The van der Waals surface area contributed by atoms with Gasteiger partial charge in [-0.05, 0) is 46.5 Å². The maximum absolute atomic E-state index is 10.5. The molecule has 92 valence electrons. The van der Waals surface area contributed by atoms with Gasteiger partial charge < -0.3 is 9.84 Å². The molecule has 0 bridgehead atoms. The van der Waals surface area contributed by atoms with Crippen molar-refractivity contribution in [3.63, 3.8) is 0 Å². The van der Waals surface area contributed by atoms with Gasteiger partial charge in [0, 0.05) is 6.42 Å². The lowest BCUT2D eigenvalue weighted by atomic mass is 10.1. The van der Waals surface area contributed by atoms with Crippen LogP contribution in [0.4, 0.5) is 0 Å². The maximum atomic E-state index is 10.5. The van der Waals surface area contributed by atoms with E-state index in [-0.39, 0.29) is 6.42 Å². The zero-order valence-electron chi connectivity index (χ0n) is 9.70. The third kappa shape index (κ3) is 4.61. The molecule has 0 spiro atoms. The number of ether oxygens (including phenoxy) is 1. The minimum atomic E-state index is -0.801. The highest BCUT2D eigenvalue weighted by Gasteiger charge is 2.08. The Balaban J connectivity index is 2.76. The highest BCUT2D eigenvalue weighted by atomic mass is 79.9. The average molecular weight is 299 g/mol. The SMILES string of the molecule is C=C(C)COc1cccc(CCC(=O)O)c1Br. The summed E-state index contributed by atoms with van der Waals surface area (Å²) in [6.45, 7) is 6.11. The number of carboxylic acids is 1. The Morgan fingerprint density at radius 1 is 1.53 bits per heavy atom. The summed E-state index contributed by atoms with van der Waals surface area (Å²) in [4.78, 5) is 10.5. The van der Waals surface area contributed by atoms with Gasteiger partial charge in [-0.15, -0.1) is 0 Å². The van der Waals surface area contributed by atoms with E-state index < -0.39 is 5.97 Å².